The molecule has 2 aromatic heterocycles. The third-order valence-electron chi connectivity index (χ3n) is 4.72. The van der Waals surface area contributed by atoms with Crippen molar-refractivity contribution in [1.29, 1.82) is 0 Å². The van der Waals surface area contributed by atoms with Crippen LogP contribution >= 0.6 is 11.6 Å². The fraction of sp³-hybridized carbons (Fsp3) is 0.125. The van der Waals surface area contributed by atoms with E-state index < -0.39 is 16.0 Å². The lowest BCUT2D eigenvalue weighted by molar-refractivity contribution is 0.0534. The van der Waals surface area contributed by atoms with E-state index in [0.717, 1.165) is 17.6 Å². The van der Waals surface area contributed by atoms with E-state index in [1.165, 1.54) is 29.2 Å². The van der Waals surface area contributed by atoms with Crippen molar-refractivity contribution >= 4 is 39.0 Å². The van der Waals surface area contributed by atoms with Gasteiger partial charge in [0, 0.05) is 28.7 Å². The summed E-state index contributed by atoms with van der Waals surface area (Å²) in [7, 11) is -3.47. The molecule has 4 aromatic rings. The van der Waals surface area contributed by atoms with E-state index in [-0.39, 0.29) is 24.6 Å². The third kappa shape index (κ3) is 6.96. The molecular weight excluding hydrogens is 506 g/mol. The smallest absolute Gasteiger partial charge is 0.343 e. The Bertz CT molecular complexity index is 1460. The van der Waals surface area contributed by atoms with Gasteiger partial charge in [0.15, 0.2) is 12.5 Å². The molecule has 12 heteroatoms. The topological polar surface area (TPSA) is 124 Å². The van der Waals surface area contributed by atoms with Gasteiger partial charge >= 0.3 is 5.97 Å². The predicted molar refractivity (Wildman–Crippen MR) is 136 cm³/mol. The number of aromatic nitrogens is 3. The molecule has 36 heavy (non-hydrogen) atoms. The molecule has 0 aliphatic rings. The number of anilines is 2. The van der Waals surface area contributed by atoms with E-state index in [2.05, 4.69) is 20.1 Å². The number of rotatable bonds is 10. The molecule has 0 unspecified atom stereocenters. The zero-order valence-corrected chi connectivity index (χ0v) is 20.7. The minimum Gasteiger partial charge on any atom is -0.489 e. The van der Waals surface area contributed by atoms with Crippen molar-refractivity contribution in [3.05, 3.63) is 95.4 Å². The van der Waals surface area contributed by atoms with Gasteiger partial charge in [-0.15, -0.1) is 0 Å². The number of hydrogen-bond donors (Lipinski definition) is 2. The maximum atomic E-state index is 12.5. The summed E-state index contributed by atoms with van der Waals surface area (Å²) in [6.45, 7) is 0.0922. The van der Waals surface area contributed by atoms with Crippen LogP contribution in [0.15, 0.2) is 79.3 Å². The van der Waals surface area contributed by atoms with Crippen molar-refractivity contribution in [3.8, 4) is 11.6 Å². The number of sulfonamides is 1. The summed E-state index contributed by atoms with van der Waals surface area (Å²) in [6, 6.07) is 17.6. The Morgan fingerprint density at radius 2 is 1.86 bits per heavy atom. The summed E-state index contributed by atoms with van der Waals surface area (Å²) in [5.74, 6) is 0.641. The molecule has 10 nitrogen and oxygen atoms in total. The molecule has 2 N–H and O–H groups in total. The van der Waals surface area contributed by atoms with Gasteiger partial charge in [-0.25, -0.2) is 22.9 Å². The van der Waals surface area contributed by atoms with Crippen molar-refractivity contribution in [3.63, 3.8) is 0 Å². The second-order valence-corrected chi connectivity index (χ2v) is 9.80. The summed E-state index contributed by atoms with van der Waals surface area (Å²) in [6.07, 6.45) is 5.56. The van der Waals surface area contributed by atoms with Crippen molar-refractivity contribution in [2.24, 2.45) is 0 Å². The molecule has 0 fully saturated rings. The molecule has 0 amide bonds. The fourth-order valence-corrected chi connectivity index (χ4v) is 3.99. The SMILES string of the molecule is CS(=O)(=O)Nc1cc(Cl)cc(NCOC(=O)c2cnn(-c3ncccc3COc3ccccc3)c2)c1. The molecule has 0 saturated heterocycles. The quantitative estimate of drug-likeness (QED) is 0.233. The van der Waals surface area contributed by atoms with Gasteiger partial charge < -0.3 is 14.8 Å². The maximum absolute atomic E-state index is 12.5. The van der Waals surface area contributed by atoms with Gasteiger partial charge in [-0.05, 0) is 36.4 Å². The Morgan fingerprint density at radius 3 is 2.64 bits per heavy atom. The summed E-state index contributed by atoms with van der Waals surface area (Å²) in [5.41, 5.74) is 1.75. The Morgan fingerprint density at radius 1 is 1.08 bits per heavy atom. The highest BCUT2D eigenvalue weighted by Gasteiger charge is 2.14. The van der Waals surface area contributed by atoms with Crippen LogP contribution in [0.4, 0.5) is 11.4 Å². The van der Waals surface area contributed by atoms with E-state index >= 15 is 0 Å². The van der Waals surface area contributed by atoms with Gasteiger partial charge in [0.25, 0.3) is 0 Å². The zero-order chi connectivity index (χ0) is 25.5. The van der Waals surface area contributed by atoms with E-state index in [1.54, 1.807) is 18.3 Å². The van der Waals surface area contributed by atoms with Crippen LogP contribution in [-0.4, -0.2) is 42.1 Å². The Balaban J connectivity index is 1.38. The number of halogens is 1. The Hall–Kier alpha value is -4.09. The lowest BCUT2D eigenvalue weighted by atomic mass is 10.2. The monoisotopic (exact) mass is 527 g/mol. The van der Waals surface area contributed by atoms with Gasteiger partial charge in [0.1, 0.15) is 12.4 Å². The molecule has 186 valence electrons. The number of carbonyl (C=O) groups excluding carboxylic acids is 1. The van der Waals surface area contributed by atoms with Gasteiger partial charge in [-0.3, -0.25) is 4.72 Å². The molecule has 2 heterocycles. The highest BCUT2D eigenvalue weighted by molar-refractivity contribution is 7.92. The van der Waals surface area contributed by atoms with Crippen LogP contribution in [0.25, 0.3) is 5.82 Å². The number of esters is 1. The number of pyridine rings is 1. The molecule has 0 bridgehead atoms. The van der Waals surface area contributed by atoms with Crippen LogP contribution in [0, 0.1) is 0 Å². The number of benzene rings is 2. The highest BCUT2D eigenvalue weighted by Crippen LogP contribution is 2.23. The lowest BCUT2D eigenvalue weighted by Gasteiger charge is -2.11. The van der Waals surface area contributed by atoms with Gasteiger partial charge in [-0.2, -0.15) is 5.10 Å². The van der Waals surface area contributed by atoms with Crippen molar-refractivity contribution in [1.82, 2.24) is 14.8 Å². The van der Waals surface area contributed by atoms with Gasteiger partial charge in [0.05, 0.1) is 23.7 Å². The van der Waals surface area contributed by atoms with Crippen molar-refractivity contribution < 1.29 is 22.7 Å². The molecule has 0 saturated carbocycles. The average molecular weight is 528 g/mol. The second-order valence-electron chi connectivity index (χ2n) is 7.62. The molecule has 0 radical (unpaired) electrons. The van der Waals surface area contributed by atoms with Crippen LogP contribution < -0.4 is 14.8 Å². The predicted octanol–water partition coefficient (Wildman–Crippen LogP) is 4.10. The Labute approximate surface area is 212 Å². The summed E-state index contributed by atoms with van der Waals surface area (Å²) in [4.78, 5) is 16.9. The number of ether oxygens (including phenoxy) is 2. The van der Waals surface area contributed by atoms with Crippen LogP contribution in [0.1, 0.15) is 15.9 Å². The second kappa shape index (κ2) is 11.1. The van der Waals surface area contributed by atoms with Crippen molar-refractivity contribution in [2.45, 2.75) is 6.61 Å². The largest absolute Gasteiger partial charge is 0.489 e. The Kier molecular flexibility index (Phi) is 7.71. The van der Waals surface area contributed by atoms with Gasteiger partial charge in [-0.1, -0.05) is 35.9 Å². The molecule has 0 aliphatic heterocycles. The number of nitrogens with one attached hydrogen (secondary N) is 2. The number of nitrogens with zero attached hydrogens (tertiary/aromatic N) is 3. The molecular formula is C24H22ClN5O5S. The third-order valence-corrected chi connectivity index (χ3v) is 5.55. The first-order valence-electron chi connectivity index (χ1n) is 10.6. The van der Waals surface area contributed by atoms with E-state index in [4.69, 9.17) is 21.1 Å². The van der Waals surface area contributed by atoms with Gasteiger partial charge in [0.2, 0.25) is 10.0 Å². The van der Waals surface area contributed by atoms with E-state index in [9.17, 15) is 13.2 Å². The summed E-state index contributed by atoms with van der Waals surface area (Å²) in [5, 5.41) is 7.42. The normalized spacial score (nSPS) is 11.1. The minimum absolute atomic E-state index is 0.178. The highest BCUT2D eigenvalue weighted by atomic mass is 35.5. The van der Waals surface area contributed by atoms with Crippen LogP contribution in [0.2, 0.25) is 5.02 Å². The maximum Gasteiger partial charge on any atom is 0.343 e. The molecule has 2 aromatic carbocycles. The van der Waals surface area contributed by atoms with Crippen LogP contribution in [0.5, 0.6) is 5.75 Å². The number of hydrogen-bond acceptors (Lipinski definition) is 8. The van der Waals surface area contributed by atoms with Crippen molar-refractivity contribution in [2.75, 3.05) is 23.0 Å². The van der Waals surface area contributed by atoms with E-state index in [1.807, 2.05) is 36.4 Å². The lowest BCUT2D eigenvalue weighted by Crippen LogP contribution is -2.13. The molecule has 0 aliphatic carbocycles. The summed E-state index contributed by atoms with van der Waals surface area (Å²) < 4.78 is 37.8. The minimum atomic E-state index is -3.47. The van der Waals surface area contributed by atoms with Crippen LogP contribution in [0.3, 0.4) is 0 Å². The zero-order valence-electron chi connectivity index (χ0n) is 19.1. The fourth-order valence-electron chi connectivity index (χ4n) is 3.20. The van der Waals surface area contributed by atoms with Crippen LogP contribution in [-0.2, 0) is 21.4 Å². The summed E-state index contributed by atoms with van der Waals surface area (Å²) >= 11 is 6.04. The van der Waals surface area contributed by atoms with E-state index in [0.29, 0.717) is 16.5 Å². The standard InChI is InChI=1S/C24H22ClN5O5S/c1-36(32,33)29-21-11-19(25)10-20(12-21)27-16-35-24(31)18-13-28-30(14-18)23-17(6-5-9-26-23)15-34-22-7-3-2-4-8-22/h2-14,27,29H,15-16H2,1H3. The first kappa shape index (κ1) is 25.0. The molecule has 0 spiro atoms. The number of para-hydroxylation sites is 1. The molecule has 4 rings (SSSR count). The number of carbonyl (C=O) groups is 1. The first-order valence-corrected chi connectivity index (χ1v) is 12.9. The first-order chi connectivity index (χ1) is 17.3. The molecule has 0 atom stereocenters. The average Bonchev–Trinajstić information content (AvgIpc) is 3.32.